The molecule has 0 aliphatic carbocycles. The molecule has 1 aromatic heterocycles. The number of nitrogens with zero attached hydrogens (tertiary/aromatic N) is 3. The quantitative estimate of drug-likeness (QED) is 0.381. The SMILES string of the molecule is CON1CCc2cc(OCc3nc(C(CCNC=O)CCOC(C)C)no3)ccc2C1. The molecule has 170 valence electrons. The van der Waals surface area contributed by atoms with Gasteiger partial charge in [0.15, 0.2) is 12.4 Å². The number of carbonyl (C=O) groups is 1. The van der Waals surface area contributed by atoms with Gasteiger partial charge in [-0.25, -0.2) is 0 Å². The zero-order chi connectivity index (χ0) is 22.1. The molecular formula is C22H32N4O5. The van der Waals surface area contributed by atoms with E-state index in [9.17, 15) is 4.79 Å². The van der Waals surface area contributed by atoms with Gasteiger partial charge in [0.05, 0.1) is 13.2 Å². The maximum atomic E-state index is 10.6. The van der Waals surface area contributed by atoms with Crippen molar-refractivity contribution >= 4 is 6.41 Å². The number of hydrogen-bond donors (Lipinski definition) is 1. The number of nitrogens with one attached hydrogen (secondary N) is 1. The fourth-order valence-corrected chi connectivity index (χ4v) is 3.55. The Bertz CT molecular complexity index is 826. The molecule has 0 saturated heterocycles. The number of ether oxygens (including phenoxy) is 2. The minimum atomic E-state index is 0.0381. The summed E-state index contributed by atoms with van der Waals surface area (Å²) < 4.78 is 17.0. The normalized spacial score (nSPS) is 15.0. The Morgan fingerprint density at radius 1 is 1.29 bits per heavy atom. The second-order valence-corrected chi connectivity index (χ2v) is 7.83. The van der Waals surface area contributed by atoms with Crippen LogP contribution in [0.25, 0.3) is 0 Å². The molecule has 1 aromatic carbocycles. The molecule has 2 aromatic rings. The van der Waals surface area contributed by atoms with Crippen LogP contribution in [0.3, 0.4) is 0 Å². The highest BCUT2D eigenvalue weighted by Crippen LogP contribution is 2.25. The van der Waals surface area contributed by atoms with Crippen molar-refractivity contribution in [3.63, 3.8) is 0 Å². The van der Waals surface area contributed by atoms with E-state index in [4.69, 9.17) is 18.8 Å². The molecule has 9 nitrogen and oxygen atoms in total. The van der Waals surface area contributed by atoms with E-state index in [0.717, 1.165) is 31.7 Å². The fraction of sp³-hybridized carbons (Fsp3) is 0.591. The van der Waals surface area contributed by atoms with Crippen molar-refractivity contribution in [3.05, 3.63) is 41.0 Å². The van der Waals surface area contributed by atoms with Crippen molar-refractivity contribution in [2.24, 2.45) is 0 Å². The van der Waals surface area contributed by atoms with Crippen molar-refractivity contribution in [3.8, 4) is 5.75 Å². The van der Waals surface area contributed by atoms with Gasteiger partial charge in [0, 0.05) is 32.2 Å². The van der Waals surface area contributed by atoms with Crippen LogP contribution in [0.15, 0.2) is 22.7 Å². The summed E-state index contributed by atoms with van der Waals surface area (Å²) in [6.07, 6.45) is 3.24. The van der Waals surface area contributed by atoms with Crippen LogP contribution in [0.4, 0.5) is 0 Å². The number of benzene rings is 1. The Morgan fingerprint density at radius 3 is 2.94 bits per heavy atom. The maximum absolute atomic E-state index is 10.6. The highest BCUT2D eigenvalue weighted by Gasteiger charge is 2.20. The van der Waals surface area contributed by atoms with Gasteiger partial charge in [-0.2, -0.15) is 10.0 Å². The van der Waals surface area contributed by atoms with Crippen LogP contribution >= 0.6 is 0 Å². The van der Waals surface area contributed by atoms with Gasteiger partial charge >= 0.3 is 0 Å². The molecule has 31 heavy (non-hydrogen) atoms. The number of carbonyl (C=O) groups excluding carboxylic acids is 1. The van der Waals surface area contributed by atoms with Crippen LogP contribution < -0.4 is 10.1 Å². The summed E-state index contributed by atoms with van der Waals surface area (Å²) in [6, 6.07) is 6.09. The number of rotatable bonds is 13. The molecule has 2 heterocycles. The first kappa shape index (κ1) is 23.2. The molecule has 1 aliphatic rings. The molecule has 0 radical (unpaired) electrons. The van der Waals surface area contributed by atoms with Crippen LogP contribution in [0.2, 0.25) is 0 Å². The van der Waals surface area contributed by atoms with Crippen molar-refractivity contribution in [1.29, 1.82) is 0 Å². The van der Waals surface area contributed by atoms with E-state index >= 15 is 0 Å². The fourth-order valence-electron chi connectivity index (χ4n) is 3.55. The van der Waals surface area contributed by atoms with Gasteiger partial charge in [-0.3, -0.25) is 4.79 Å². The summed E-state index contributed by atoms with van der Waals surface area (Å²) in [6.45, 7) is 6.99. The Balaban J connectivity index is 1.56. The first-order chi connectivity index (χ1) is 15.1. The third-order valence-electron chi connectivity index (χ3n) is 5.26. The lowest BCUT2D eigenvalue weighted by Crippen LogP contribution is -2.29. The molecule has 1 unspecified atom stereocenters. The number of aromatic nitrogens is 2. The zero-order valence-corrected chi connectivity index (χ0v) is 18.5. The molecule has 1 amide bonds. The lowest BCUT2D eigenvalue weighted by atomic mass is 10.0. The third-order valence-corrected chi connectivity index (χ3v) is 5.26. The molecule has 1 N–H and O–H groups in total. The lowest BCUT2D eigenvalue weighted by molar-refractivity contribution is -0.142. The van der Waals surface area contributed by atoms with Gasteiger partial charge in [-0.05, 0) is 56.4 Å². The predicted octanol–water partition coefficient (Wildman–Crippen LogP) is 2.60. The molecule has 1 atom stereocenters. The van der Waals surface area contributed by atoms with Gasteiger partial charge in [0.25, 0.3) is 5.89 Å². The van der Waals surface area contributed by atoms with Crippen molar-refractivity contribution in [2.45, 2.75) is 58.3 Å². The first-order valence-electron chi connectivity index (χ1n) is 10.7. The lowest BCUT2D eigenvalue weighted by Gasteiger charge is -2.26. The number of fused-ring (bicyclic) bond motifs is 1. The van der Waals surface area contributed by atoms with E-state index in [1.54, 1.807) is 7.11 Å². The van der Waals surface area contributed by atoms with Crippen LogP contribution in [-0.4, -0.2) is 54.5 Å². The van der Waals surface area contributed by atoms with E-state index in [1.165, 1.54) is 11.1 Å². The van der Waals surface area contributed by atoms with E-state index in [2.05, 4.69) is 27.6 Å². The predicted molar refractivity (Wildman–Crippen MR) is 113 cm³/mol. The minimum absolute atomic E-state index is 0.0381. The summed E-state index contributed by atoms with van der Waals surface area (Å²) in [7, 11) is 1.70. The highest BCUT2D eigenvalue weighted by molar-refractivity contribution is 5.45. The monoisotopic (exact) mass is 432 g/mol. The van der Waals surface area contributed by atoms with Gasteiger partial charge in [-0.1, -0.05) is 11.2 Å². The third kappa shape index (κ3) is 7.02. The average molecular weight is 433 g/mol. The Morgan fingerprint density at radius 2 is 2.16 bits per heavy atom. The molecule has 0 bridgehead atoms. The van der Waals surface area contributed by atoms with Crippen molar-refractivity contribution < 1.29 is 23.6 Å². The minimum Gasteiger partial charge on any atom is -0.484 e. The van der Waals surface area contributed by atoms with Gasteiger partial charge in [0.1, 0.15) is 5.75 Å². The summed E-state index contributed by atoms with van der Waals surface area (Å²) in [5, 5.41) is 8.77. The van der Waals surface area contributed by atoms with Crippen LogP contribution in [-0.2, 0) is 33.9 Å². The Labute approximate surface area is 183 Å². The number of amides is 1. The van der Waals surface area contributed by atoms with Crippen LogP contribution in [0.5, 0.6) is 5.75 Å². The molecule has 0 fully saturated rings. The Kier molecular flexibility index (Phi) is 8.81. The van der Waals surface area contributed by atoms with E-state index in [-0.39, 0.29) is 18.6 Å². The Hall–Kier alpha value is -2.49. The van der Waals surface area contributed by atoms with Crippen molar-refractivity contribution in [2.75, 3.05) is 26.8 Å². The maximum Gasteiger partial charge on any atom is 0.264 e. The largest absolute Gasteiger partial charge is 0.484 e. The van der Waals surface area contributed by atoms with E-state index in [1.807, 2.05) is 25.0 Å². The van der Waals surface area contributed by atoms with Crippen LogP contribution in [0, 0.1) is 0 Å². The second kappa shape index (κ2) is 11.8. The second-order valence-electron chi connectivity index (χ2n) is 7.83. The zero-order valence-electron chi connectivity index (χ0n) is 18.5. The summed E-state index contributed by atoms with van der Waals surface area (Å²) in [4.78, 5) is 20.4. The number of hydrogen-bond acceptors (Lipinski definition) is 8. The van der Waals surface area contributed by atoms with Gasteiger partial charge in [0.2, 0.25) is 6.41 Å². The first-order valence-corrected chi connectivity index (χ1v) is 10.7. The average Bonchev–Trinajstić information content (AvgIpc) is 3.25. The molecule has 9 heteroatoms. The standard InChI is InChI=1S/C22H32N4O5/c1-16(2)29-11-8-17(6-9-23-15-27)22-24-21(31-25-22)14-30-20-5-4-19-13-26(28-3)10-7-18(19)12-20/h4-5,12,15-17H,6-11,13-14H2,1-3H3,(H,23,27). The van der Waals surface area contributed by atoms with E-state index < -0.39 is 0 Å². The molecule has 0 saturated carbocycles. The summed E-state index contributed by atoms with van der Waals surface area (Å²) in [5.74, 6) is 1.86. The van der Waals surface area contributed by atoms with Crippen LogP contribution in [0.1, 0.15) is 55.4 Å². The van der Waals surface area contributed by atoms with Gasteiger partial charge < -0.3 is 24.2 Å². The topological polar surface area (TPSA) is 99.0 Å². The highest BCUT2D eigenvalue weighted by atomic mass is 16.7. The summed E-state index contributed by atoms with van der Waals surface area (Å²) in [5.41, 5.74) is 2.51. The molecular weight excluding hydrogens is 400 g/mol. The number of hydroxylamine groups is 2. The smallest absolute Gasteiger partial charge is 0.264 e. The van der Waals surface area contributed by atoms with Crippen molar-refractivity contribution in [1.82, 2.24) is 20.5 Å². The molecule has 3 rings (SSSR count). The van der Waals surface area contributed by atoms with E-state index in [0.29, 0.717) is 37.7 Å². The summed E-state index contributed by atoms with van der Waals surface area (Å²) >= 11 is 0. The molecule has 0 spiro atoms. The van der Waals surface area contributed by atoms with Gasteiger partial charge in [-0.15, -0.1) is 0 Å². The molecule has 1 aliphatic heterocycles.